The molecule has 2 N–H and O–H groups in total. The van der Waals surface area contributed by atoms with Gasteiger partial charge in [-0.15, -0.1) is 10.2 Å². The van der Waals surface area contributed by atoms with Crippen LogP contribution in [-0.4, -0.2) is 30.8 Å². The molecule has 146 valence electrons. The first-order chi connectivity index (χ1) is 13.2. The monoisotopic (exact) mass is 401 g/mol. The summed E-state index contributed by atoms with van der Waals surface area (Å²) in [5, 5.41) is 19.2. The molecule has 0 aliphatic heterocycles. The second-order valence-corrected chi connectivity index (χ2v) is 8.02. The Morgan fingerprint density at radius 1 is 1.29 bits per heavy atom. The summed E-state index contributed by atoms with van der Waals surface area (Å²) in [6.07, 6.45) is 2.32. The number of hydrogen-bond acceptors (Lipinski definition) is 6. The highest BCUT2D eigenvalue weighted by Gasteiger charge is 2.16. The number of benzene rings is 1. The predicted molar refractivity (Wildman–Crippen MR) is 107 cm³/mol. The van der Waals surface area contributed by atoms with Crippen molar-refractivity contribution in [2.45, 2.75) is 33.7 Å². The second-order valence-electron chi connectivity index (χ2n) is 7.61. The zero-order valence-corrected chi connectivity index (χ0v) is 16.5. The first kappa shape index (κ1) is 19.8. The van der Waals surface area contributed by atoms with Crippen molar-refractivity contribution in [3.8, 4) is 5.88 Å². The van der Waals surface area contributed by atoms with Crippen molar-refractivity contribution in [1.29, 1.82) is 0 Å². The standard InChI is InChI=1S/C19H20ClN5O3/c1-19(2,3)7-8-25-10-21-12-5-4-6-13(15(12)18(25)28)22-17(27)14-9-11(20)16(26)24-23-14/h4-6,9-10H,7-8H2,1-3H3,(H,22,27)(H,24,26). The van der Waals surface area contributed by atoms with Crippen LogP contribution in [0, 0.1) is 5.41 Å². The van der Waals surface area contributed by atoms with E-state index in [0.717, 1.165) is 6.42 Å². The number of aryl methyl sites for hydroxylation is 1. The summed E-state index contributed by atoms with van der Waals surface area (Å²) >= 11 is 5.78. The first-order valence-electron chi connectivity index (χ1n) is 8.67. The smallest absolute Gasteiger partial charge is 0.276 e. The summed E-state index contributed by atoms with van der Waals surface area (Å²) < 4.78 is 1.54. The SMILES string of the molecule is CC(C)(C)CCn1cnc2cccc(NC(=O)c3cc(Cl)c(O)nn3)c2c1=O. The van der Waals surface area contributed by atoms with Gasteiger partial charge >= 0.3 is 0 Å². The maximum absolute atomic E-state index is 13.0. The molecular formula is C19H20ClN5O3. The molecule has 28 heavy (non-hydrogen) atoms. The molecule has 3 rings (SSSR count). The average molecular weight is 402 g/mol. The topological polar surface area (TPSA) is 110 Å². The van der Waals surface area contributed by atoms with Gasteiger partial charge in [-0.3, -0.25) is 14.2 Å². The van der Waals surface area contributed by atoms with Crippen molar-refractivity contribution in [3.63, 3.8) is 0 Å². The van der Waals surface area contributed by atoms with Gasteiger partial charge in [0.25, 0.3) is 11.5 Å². The first-order valence-corrected chi connectivity index (χ1v) is 9.05. The van der Waals surface area contributed by atoms with E-state index in [1.807, 2.05) is 0 Å². The number of rotatable bonds is 4. The fourth-order valence-corrected chi connectivity index (χ4v) is 2.72. The van der Waals surface area contributed by atoms with E-state index in [9.17, 15) is 14.7 Å². The molecule has 0 saturated heterocycles. The van der Waals surface area contributed by atoms with Crippen molar-refractivity contribution in [3.05, 3.63) is 51.7 Å². The molecule has 0 saturated carbocycles. The maximum Gasteiger partial charge on any atom is 0.276 e. The fraction of sp³-hybridized carbons (Fsp3) is 0.316. The minimum atomic E-state index is -0.605. The van der Waals surface area contributed by atoms with Crippen molar-refractivity contribution in [2.24, 2.45) is 5.41 Å². The van der Waals surface area contributed by atoms with Gasteiger partial charge in [-0.2, -0.15) is 0 Å². The van der Waals surface area contributed by atoms with Crippen molar-refractivity contribution in [1.82, 2.24) is 19.7 Å². The van der Waals surface area contributed by atoms with Crippen LogP contribution in [0.1, 0.15) is 37.7 Å². The second kappa shape index (κ2) is 7.55. The van der Waals surface area contributed by atoms with Crippen LogP contribution in [0.5, 0.6) is 5.88 Å². The molecule has 0 aliphatic rings. The van der Waals surface area contributed by atoms with Gasteiger partial charge in [0.15, 0.2) is 5.69 Å². The molecule has 8 nitrogen and oxygen atoms in total. The maximum atomic E-state index is 13.0. The Morgan fingerprint density at radius 3 is 2.71 bits per heavy atom. The molecule has 2 heterocycles. The molecule has 0 spiro atoms. The molecule has 0 radical (unpaired) electrons. The highest BCUT2D eigenvalue weighted by Crippen LogP contribution is 2.22. The van der Waals surface area contributed by atoms with Crippen molar-refractivity contribution >= 4 is 34.1 Å². The lowest BCUT2D eigenvalue weighted by atomic mass is 9.92. The highest BCUT2D eigenvalue weighted by molar-refractivity contribution is 6.32. The van der Waals surface area contributed by atoms with E-state index < -0.39 is 11.8 Å². The van der Waals surface area contributed by atoms with Crippen LogP contribution < -0.4 is 10.9 Å². The van der Waals surface area contributed by atoms with Gasteiger partial charge in [0, 0.05) is 6.54 Å². The van der Waals surface area contributed by atoms with Gasteiger partial charge in [-0.05, 0) is 30.0 Å². The van der Waals surface area contributed by atoms with Gasteiger partial charge in [0.05, 0.1) is 22.9 Å². The summed E-state index contributed by atoms with van der Waals surface area (Å²) in [5.74, 6) is -1.07. The molecule has 9 heteroatoms. The van der Waals surface area contributed by atoms with Crippen LogP contribution in [0.25, 0.3) is 10.9 Å². The molecule has 0 aliphatic carbocycles. The van der Waals surface area contributed by atoms with E-state index in [2.05, 4.69) is 41.3 Å². The predicted octanol–water partition coefficient (Wildman–Crippen LogP) is 3.23. The van der Waals surface area contributed by atoms with Crippen LogP contribution in [0.15, 0.2) is 35.4 Å². The largest absolute Gasteiger partial charge is 0.491 e. The highest BCUT2D eigenvalue weighted by atomic mass is 35.5. The Morgan fingerprint density at radius 2 is 2.04 bits per heavy atom. The molecule has 1 aromatic carbocycles. The Labute approximate surface area is 166 Å². The third-order valence-electron chi connectivity index (χ3n) is 4.17. The Kier molecular flexibility index (Phi) is 5.33. The summed E-state index contributed by atoms with van der Waals surface area (Å²) in [4.78, 5) is 29.8. The minimum absolute atomic E-state index is 0.0684. The summed E-state index contributed by atoms with van der Waals surface area (Å²) in [5.41, 5.74) is 0.538. The van der Waals surface area contributed by atoms with Crippen molar-refractivity contribution < 1.29 is 9.90 Å². The number of amides is 1. The van der Waals surface area contributed by atoms with E-state index in [0.29, 0.717) is 23.1 Å². The fourth-order valence-electron chi connectivity index (χ4n) is 2.58. The molecule has 0 fully saturated rings. The molecular weight excluding hydrogens is 382 g/mol. The Bertz CT molecular complexity index is 1100. The molecule has 1 amide bonds. The third-order valence-corrected chi connectivity index (χ3v) is 4.44. The van der Waals surface area contributed by atoms with Gasteiger partial charge in [0.1, 0.15) is 5.02 Å². The molecule has 3 aromatic rings. The van der Waals surface area contributed by atoms with Crippen LogP contribution in [0.4, 0.5) is 5.69 Å². The molecule has 2 aromatic heterocycles. The van der Waals surface area contributed by atoms with E-state index in [1.54, 1.807) is 22.8 Å². The van der Waals surface area contributed by atoms with Gasteiger partial charge in [-0.25, -0.2) is 4.98 Å². The number of carbonyl (C=O) groups excluding carboxylic acids is 1. The number of nitrogens with zero attached hydrogens (tertiary/aromatic N) is 4. The Hall–Kier alpha value is -3.00. The number of carbonyl (C=O) groups is 1. The van der Waals surface area contributed by atoms with Crippen molar-refractivity contribution in [2.75, 3.05) is 5.32 Å². The number of aromatic hydroxyl groups is 1. The van der Waals surface area contributed by atoms with E-state index in [4.69, 9.17) is 11.6 Å². The van der Waals surface area contributed by atoms with E-state index in [-0.39, 0.29) is 21.7 Å². The molecule has 0 unspecified atom stereocenters. The summed E-state index contributed by atoms with van der Waals surface area (Å²) in [6.45, 7) is 6.82. The number of nitrogens with one attached hydrogen (secondary N) is 1. The van der Waals surface area contributed by atoms with Crippen LogP contribution in [-0.2, 0) is 6.54 Å². The molecule has 0 bridgehead atoms. The van der Waals surface area contributed by atoms with E-state index >= 15 is 0 Å². The Balaban J connectivity index is 1.97. The molecule has 0 atom stereocenters. The van der Waals surface area contributed by atoms with Crippen LogP contribution in [0.3, 0.4) is 0 Å². The van der Waals surface area contributed by atoms with Gasteiger partial charge < -0.3 is 10.4 Å². The quantitative estimate of drug-likeness (QED) is 0.694. The normalized spacial score (nSPS) is 11.6. The number of anilines is 1. The zero-order chi connectivity index (χ0) is 20.5. The number of halogens is 1. The van der Waals surface area contributed by atoms with Gasteiger partial charge in [0.2, 0.25) is 5.88 Å². The number of fused-ring (bicyclic) bond motifs is 1. The average Bonchev–Trinajstić information content (AvgIpc) is 2.62. The van der Waals surface area contributed by atoms with E-state index in [1.165, 1.54) is 12.4 Å². The third kappa shape index (κ3) is 4.28. The zero-order valence-electron chi connectivity index (χ0n) is 15.7. The number of hydrogen-bond donors (Lipinski definition) is 2. The lowest BCUT2D eigenvalue weighted by molar-refractivity contribution is 0.102. The minimum Gasteiger partial charge on any atom is -0.491 e. The van der Waals surface area contributed by atoms with Gasteiger partial charge in [-0.1, -0.05) is 38.4 Å². The van der Waals surface area contributed by atoms with Crippen LogP contribution in [0.2, 0.25) is 5.02 Å². The summed E-state index contributed by atoms with van der Waals surface area (Å²) in [7, 11) is 0. The lowest BCUT2D eigenvalue weighted by Gasteiger charge is -2.18. The number of aromatic nitrogens is 4. The lowest BCUT2D eigenvalue weighted by Crippen LogP contribution is -2.24. The van der Waals surface area contributed by atoms with Crippen LogP contribution >= 0.6 is 11.6 Å². The summed E-state index contributed by atoms with van der Waals surface area (Å²) in [6, 6.07) is 6.22.